The standard InChI is InChI=1S/C14H21NOS/c1-3-9-16-13-6-4-12(5-7-13)15-14-8-10-17-11(14)2/h4-7,11,14-15H,3,8-10H2,1-2H3. The zero-order valence-electron chi connectivity index (χ0n) is 10.6. The summed E-state index contributed by atoms with van der Waals surface area (Å²) in [4.78, 5) is 0. The number of rotatable bonds is 5. The van der Waals surface area contributed by atoms with Gasteiger partial charge in [0.2, 0.25) is 0 Å². The summed E-state index contributed by atoms with van der Waals surface area (Å²) < 4.78 is 5.57. The minimum Gasteiger partial charge on any atom is -0.494 e. The minimum absolute atomic E-state index is 0.613. The first kappa shape index (κ1) is 12.6. The van der Waals surface area contributed by atoms with Crippen LogP contribution in [0.15, 0.2) is 24.3 Å². The molecule has 1 fully saturated rings. The lowest BCUT2D eigenvalue weighted by atomic mass is 10.1. The summed E-state index contributed by atoms with van der Waals surface area (Å²) in [5, 5.41) is 4.31. The summed E-state index contributed by atoms with van der Waals surface area (Å²) >= 11 is 2.05. The topological polar surface area (TPSA) is 21.3 Å². The van der Waals surface area contributed by atoms with Gasteiger partial charge < -0.3 is 10.1 Å². The number of nitrogens with one attached hydrogen (secondary N) is 1. The van der Waals surface area contributed by atoms with Crippen LogP contribution in [0, 0.1) is 0 Å². The first-order valence-electron chi connectivity index (χ1n) is 6.40. The van der Waals surface area contributed by atoms with Crippen LogP contribution in [0.1, 0.15) is 26.7 Å². The summed E-state index contributed by atoms with van der Waals surface area (Å²) in [6, 6.07) is 8.93. The van der Waals surface area contributed by atoms with Gasteiger partial charge in [0, 0.05) is 17.0 Å². The molecule has 2 atom stereocenters. The molecule has 2 nitrogen and oxygen atoms in total. The Labute approximate surface area is 108 Å². The molecule has 1 saturated heterocycles. The number of thioether (sulfide) groups is 1. The van der Waals surface area contributed by atoms with Crippen LogP contribution < -0.4 is 10.1 Å². The Morgan fingerprint density at radius 2 is 2.12 bits per heavy atom. The third kappa shape index (κ3) is 3.56. The highest BCUT2D eigenvalue weighted by molar-refractivity contribution is 8.00. The maximum Gasteiger partial charge on any atom is 0.119 e. The van der Waals surface area contributed by atoms with Crippen molar-refractivity contribution in [1.82, 2.24) is 0 Å². The highest BCUT2D eigenvalue weighted by Gasteiger charge is 2.23. The van der Waals surface area contributed by atoms with Crippen LogP contribution in [-0.4, -0.2) is 23.7 Å². The number of ether oxygens (including phenoxy) is 1. The van der Waals surface area contributed by atoms with Gasteiger partial charge in [-0.25, -0.2) is 0 Å². The molecule has 0 saturated carbocycles. The molecule has 2 rings (SSSR count). The molecule has 0 bridgehead atoms. The molecule has 0 aromatic heterocycles. The smallest absolute Gasteiger partial charge is 0.119 e. The number of hydrogen-bond donors (Lipinski definition) is 1. The Hall–Kier alpha value is -0.830. The average Bonchev–Trinajstić information content (AvgIpc) is 2.74. The van der Waals surface area contributed by atoms with Gasteiger partial charge >= 0.3 is 0 Å². The van der Waals surface area contributed by atoms with Gasteiger partial charge in [-0.2, -0.15) is 11.8 Å². The Bertz CT molecular complexity index is 339. The lowest BCUT2D eigenvalue weighted by Crippen LogP contribution is -2.24. The Kier molecular flexibility index (Phi) is 4.60. The van der Waals surface area contributed by atoms with E-state index in [1.54, 1.807) is 0 Å². The normalized spacial score (nSPS) is 23.6. The van der Waals surface area contributed by atoms with Crippen LogP contribution >= 0.6 is 11.8 Å². The predicted octanol–water partition coefficient (Wildman–Crippen LogP) is 3.78. The second-order valence-corrected chi connectivity index (χ2v) is 5.97. The van der Waals surface area contributed by atoms with E-state index in [1.165, 1.54) is 17.9 Å². The molecule has 0 aliphatic carbocycles. The van der Waals surface area contributed by atoms with Gasteiger partial charge in [0.1, 0.15) is 5.75 Å². The van der Waals surface area contributed by atoms with Crippen molar-refractivity contribution in [2.45, 2.75) is 38.0 Å². The van der Waals surface area contributed by atoms with Gasteiger partial charge in [0.25, 0.3) is 0 Å². The molecule has 94 valence electrons. The zero-order valence-corrected chi connectivity index (χ0v) is 11.4. The van der Waals surface area contributed by atoms with E-state index in [4.69, 9.17) is 4.74 Å². The summed E-state index contributed by atoms with van der Waals surface area (Å²) in [5.41, 5.74) is 1.20. The van der Waals surface area contributed by atoms with Gasteiger partial charge in [0.15, 0.2) is 0 Å². The monoisotopic (exact) mass is 251 g/mol. The van der Waals surface area contributed by atoms with Crippen molar-refractivity contribution < 1.29 is 4.74 Å². The molecule has 1 aromatic carbocycles. The second-order valence-electron chi connectivity index (χ2n) is 4.49. The summed E-state index contributed by atoms with van der Waals surface area (Å²) in [7, 11) is 0. The average molecular weight is 251 g/mol. The third-order valence-electron chi connectivity index (χ3n) is 3.06. The van der Waals surface area contributed by atoms with E-state index in [1.807, 2.05) is 12.1 Å². The Balaban J connectivity index is 1.89. The summed E-state index contributed by atoms with van der Waals surface area (Å²) in [5.74, 6) is 2.24. The SMILES string of the molecule is CCCOc1ccc(NC2CCSC2C)cc1. The molecule has 1 aliphatic rings. The van der Waals surface area contributed by atoms with Crippen LogP contribution in [-0.2, 0) is 0 Å². The van der Waals surface area contributed by atoms with Gasteiger partial charge in [-0.15, -0.1) is 0 Å². The molecule has 17 heavy (non-hydrogen) atoms. The number of hydrogen-bond acceptors (Lipinski definition) is 3. The Morgan fingerprint density at radius 3 is 2.71 bits per heavy atom. The molecule has 1 N–H and O–H groups in total. The quantitative estimate of drug-likeness (QED) is 0.860. The van der Waals surface area contributed by atoms with Gasteiger partial charge in [0.05, 0.1) is 6.61 Å². The van der Waals surface area contributed by atoms with E-state index < -0.39 is 0 Å². The van der Waals surface area contributed by atoms with Crippen molar-refractivity contribution in [1.29, 1.82) is 0 Å². The van der Waals surface area contributed by atoms with Crippen molar-refractivity contribution >= 4 is 17.4 Å². The van der Waals surface area contributed by atoms with E-state index >= 15 is 0 Å². The van der Waals surface area contributed by atoms with Crippen molar-refractivity contribution in [3.8, 4) is 5.75 Å². The lowest BCUT2D eigenvalue weighted by Gasteiger charge is -2.18. The number of benzene rings is 1. The molecule has 3 heteroatoms. The van der Waals surface area contributed by atoms with E-state index in [9.17, 15) is 0 Å². The van der Waals surface area contributed by atoms with Crippen molar-refractivity contribution in [2.75, 3.05) is 17.7 Å². The summed E-state index contributed by atoms with van der Waals surface area (Å²) in [6.45, 7) is 5.21. The highest BCUT2D eigenvalue weighted by atomic mass is 32.2. The van der Waals surface area contributed by atoms with Crippen LogP contribution in [0.25, 0.3) is 0 Å². The van der Waals surface area contributed by atoms with Gasteiger partial charge in [-0.1, -0.05) is 13.8 Å². The third-order valence-corrected chi connectivity index (χ3v) is 4.38. The molecule has 0 radical (unpaired) electrons. The Morgan fingerprint density at radius 1 is 1.35 bits per heavy atom. The largest absolute Gasteiger partial charge is 0.494 e. The van der Waals surface area contributed by atoms with Crippen LogP contribution in [0.2, 0.25) is 0 Å². The molecule has 1 aliphatic heterocycles. The van der Waals surface area contributed by atoms with E-state index in [0.717, 1.165) is 18.8 Å². The van der Waals surface area contributed by atoms with Crippen molar-refractivity contribution in [2.24, 2.45) is 0 Å². The van der Waals surface area contributed by atoms with Crippen LogP contribution in [0.3, 0.4) is 0 Å². The van der Waals surface area contributed by atoms with Crippen LogP contribution in [0.4, 0.5) is 5.69 Å². The summed E-state index contributed by atoms with van der Waals surface area (Å²) in [6.07, 6.45) is 2.32. The van der Waals surface area contributed by atoms with Crippen LogP contribution in [0.5, 0.6) is 5.75 Å². The fourth-order valence-electron chi connectivity index (χ4n) is 2.00. The molecule has 2 unspecified atom stereocenters. The first-order valence-corrected chi connectivity index (χ1v) is 7.45. The maximum absolute atomic E-state index is 5.57. The molecular formula is C14H21NOS. The highest BCUT2D eigenvalue weighted by Crippen LogP contribution is 2.29. The van der Waals surface area contributed by atoms with Gasteiger partial charge in [-0.3, -0.25) is 0 Å². The van der Waals surface area contributed by atoms with Gasteiger partial charge in [-0.05, 0) is 42.9 Å². The zero-order chi connectivity index (χ0) is 12.1. The fraction of sp³-hybridized carbons (Fsp3) is 0.571. The molecule has 0 spiro atoms. The maximum atomic E-state index is 5.57. The van der Waals surface area contributed by atoms with E-state index in [-0.39, 0.29) is 0 Å². The van der Waals surface area contributed by atoms with Crippen molar-refractivity contribution in [3.63, 3.8) is 0 Å². The molecule has 1 heterocycles. The minimum atomic E-state index is 0.613. The predicted molar refractivity (Wildman–Crippen MR) is 76.2 cm³/mol. The van der Waals surface area contributed by atoms with E-state index in [2.05, 4.69) is 43.1 Å². The molecule has 1 aromatic rings. The number of anilines is 1. The van der Waals surface area contributed by atoms with E-state index in [0.29, 0.717) is 11.3 Å². The molecular weight excluding hydrogens is 230 g/mol. The molecule has 0 amide bonds. The van der Waals surface area contributed by atoms with Crippen molar-refractivity contribution in [3.05, 3.63) is 24.3 Å². The second kappa shape index (κ2) is 6.20. The first-order chi connectivity index (χ1) is 8.29. The lowest BCUT2D eigenvalue weighted by molar-refractivity contribution is 0.317. The fourth-order valence-corrected chi connectivity index (χ4v) is 3.20.